The normalized spacial score (nSPS) is 18.9. The summed E-state index contributed by atoms with van der Waals surface area (Å²) in [4.78, 5) is 8.19. The van der Waals surface area contributed by atoms with Gasteiger partial charge in [0.15, 0.2) is 5.82 Å². The molecule has 0 bridgehead atoms. The van der Waals surface area contributed by atoms with Crippen molar-refractivity contribution in [3.8, 4) is 22.8 Å². The molecule has 1 N–H and O–H groups in total. The third-order valence-corrected chi connectivity index (χ3v) is 5.38. The molecule has 2 heterocycles. The van der Waals surface area contributed by atoms with E-state index in [-0.39, 0.29) is 29.7 Å². The molecule has 9 heteroatoms. The maximum atomic E-state index is 13.3. The highest BCUT2D eigenvalue weighted by molar-refractivity contribution is 7.99. The van der Waals surface area contributed by atoms with Crippen LogP contribution in [0.1, 0.15) is 19.3 Å². The zero-order chi connectivity index (χ0) is 18.1. The van der Waals surface area contributed by atoms with E-state index in [2.05, 4.69) is 20.2 Å². The van der Waals surface area contributed by atoms with Gasteiger partial charge in [0.1, 0.15) is 10.8 Å². The molecule has 4 rings (SSSR count). The van der Waals surface area contributed by atoms with Gasteiger partial charge in [0, 0.05) is 36.6 Å². The van der Waals surface area contributed by atoms with Crippen molar-refractivity contribution in [1.29, 1.82) is 0 Å². The van der Waals surface area contributed by atoms with Crippen LogP contribution in [-0.4, -0.2) is 41.0 Å². The van der Waals surface area contributed by atoms with Crippen LogP contribution in [0.2, 0.25) is 0 Å². The first kappa shape index (κ1) is 16.9. The van der Waals surface area contributed by atoms with E-state index in [1.54, 1.807) is 35.4 Å². The number of imidazole rings is 1. The lowest BCUT2D eigenvalue weighted by molar-refractivity contribution is 0.00978. The number of hydrogen-bond acceptors (Lipinski definition) is 6. The fourth-order valence-corrected chi connectivity index (χ4v) is 4.01. The molecule has 1 saturated carbocycles. The summed E-state index contributed by atoms with van der Waals surface area (Å²) in [6.45, 7) is 0. The van der Waals surface area contributed by atoms with Crippen LogP contribution in [0.3, 0.4) is 0 Å². The van der Waals surface area contributed by atoms with E-state index < -0.39 is 5.92 Å². The van der Waals surface area contributed by atoms with E-state index in [0.717, 1.165) is 5.69 Å². The fraction of sp³-hybridized carbons (Fsp3) is 0.294. The average Bonchev–Trinajstić information content (AvgIpc) is 3.25. The number of alkyl halides is 2. The Morgan fingerprint density at radius 1 is 1.27 bits per heavy atom. The van der Waals surface area contributed by atoms with E-state index in [1.807, 2.05) is 6.07 Å². The third kappa shape index (κ3) is 3.52. The van der Waals surface area contributed by atoms with E-state index in [0.29, 0.717) is 17.0 Å². The van der Waals surface area contributed by atoms with Crippen molar-refractivity contribution in [3.05, 3.63) is 43.1 Å². The van der Waals surface area contributed by atoms with Crippen LogP contribution < -0.4 is 0 Å². The van der Waals surface area contributed by atoms with Gasteiger partial charge in [-0.1, -0.05) is 11.8 Å². The van der Waals surface area contributed by atoms with Gasteiger partial charge in [0.25, 0.3) is 0 Å². The van der Waals surface area contributed by atoms with Crippen LogP contribution in [0.25, 0.3) is 17.1 Å². The molecule has 1 aliphatic rings. The zero-order valence-corrected chi connectivity index (χ0v) is 14.4. The Kier molecular flexibility index (Phi) is 4.31. The third-order valence-electron chi connectivity index (χ3n) is 4.21. The smallest absolute Gasteiger partial charge is 0.249 e. The number of phenols is 1. The van der Waals surface area contributed by atoms with Crippen LogP contribution in [0.4, 0.5) is 8.78 Å². The first-order valence-corrected chi connectivity index (χ1v) is 8.94. The molecule has 0 saturated heterocycles. The quantitative estimate of drug-likeness (QED) is 0.749. The van der Waals surface area contributed by atoms with E-state index >= 15 is 0 Å². The summed E-state index contributed by atoms with van der Waals surface area (Å²) in [5.74, 6) is -2.28. The lowest BCUT2D eigenvalue weighted by Gasteiger charge is -2.10. The lowest BCUT2D eigenvalue weighted by Crippen LogP contribution is -2.10. The monoisotopic (exact) mass is 375 g/mol. The summed E-state index contributed by atoms with van der Waals surface area (Å²) in [5, 5.41) is 18.7. The molecule has 1 aromatic carbocycles. The fourth-order valence-electron chi connectivity index (χ4n) is 2.90. The van der Waals surface area contributed by atoms with Crippen LogP contribution >= 0.6 is 11.8 Å². The summed E-state index contributed by atoms with van der Waals surface area (Å²) in [6.07, 6.45) is 6.79. The summed E-state index contributed by atoms with van der Waals surface area (Å²) in [5.41, 5.74) is 1.20. The highest BCUT2D eigenvalue weighted by Crippen LogP contribution is 2.42. The first-order chi connectivity index (χ1) is 12.5. The first-order valence-electron chi connectivity index (χ1n) is 8.06. The van der Waals surface area contributed by atoms with Crippen molar-refractivity contribution in [3.63, 3.8) is 0 Å². The molecule has 0 unspecified atom stereocenters. The van der Waals surface area contributed by atoms with Crippen LogP contribution in [0.15, 0.2) is 48.1 Å². The predicted octanol–water partition coefficient (Wildman–Crippen LogP) is 3.71. The number of halogens is 2. The van der Waals surface area contributed by atoms with Crippen molar-refractivity contribution in [1.82, 2.24) is 24.7 Å². The van der Waals surface area contributed by atoms with Crippen molar-refractivity contribution in [2.45, 2.75) is 35.5 Å². The minimum atomic E-state index is -2.58. The minimum Gasteiger partial charge on any atom is -0.507 e. The second-order valence-corrected chi connectivity index (χ2v) is 7.45. The molecular formula is C17H15F2N5OS. The predicted molar refractivity (Wildman–Crippen MR) is 92.5 cm³/mol. The maximum Gasteiger partial charge on any atom is 0.249 e. The number of aromatic nitrogens is 5. The van der Waals surface area contributed by atoms with Crippen molar-refractivity contribution >= 4 is 11.8 Å². The molecule has 0 spiro atoms. The number of hydrogen-bond donors (Lipinski definition) is 1. The molecule has 2 aromatic heterocycles. The number of rotatable bonds is 4. The summed E-state index contributed by atoms with van der Waals surface area (Å²) in [6, 6.07) is 5.10. The van der Waals surface area contributed by atoms with Crippen LogP contribution in [-0.2, 0) is 0 Å². The second-order valence-electron chi connectivity index (χ2n) is 6.13. The highest BCUT2D eigenvalue weighted by atomic mass is 32.2. The van der Waals surface area contributed by atoms with E-state index in [9.17, 15) is 13.9 Å². The molecule has 3 aromatic rings. The van der Waals surface area contributed by atoms with Gasteiger partial charge in [-0.25, -0.2) is 18.7 Å². The summed E-state index contributed by atoms with van der Waals surface area (Å²) >= 11 is 1.27. The molecule has 1 aliphatic carbocycles. The Labute approximate surface area is 152 Å². The molecule has 0 radical (unpaired) electrons. The van der Waals surface area contributed by atoms with Gasteiger partial charge >= 0.3 is 0 Å². The number of benzene rings is 1. The summed E-state index contributed by atoms with van der Waals surface area (Å²) in [7, 11) is 0. The molecule has 1 fully saturated rings. The number of phenolic OH excluding ortho intramolecular Hbond substituents is 1. The van der Waals surface area contributed by atoms with Gasteiger partial charge < -0.3 is 9.67 Å². The Balaban J connectivity index is 1.50. The minimum absolute atomic E-state index is 0.0221. The molecule has 6 nitrogen and oxygen atoms in total. The van der Waals surface area contributed by atoms with E-state index in [1.165, 1.54) is 18.0 Å². The maximum absolute atomic E-state index is 13.3. The van der Waals surface area contributed by atoms with E-state index in [4.69, 9.17) is 0 Å². The van der Waals surface area contributed by atoms with Crippen molar-refractivity contribution in [2.24, 2.45) is 0 Å². The van der Waals surface area contributed by atoms with Gasteiger partial charge in [-0.15, -0.1) is 10.2 Å². The van der Waals surface area contributed by atoms with Gasteiger partial charge in [-0.3, -0.25) is 0 Å². The highest BCUT2D eigenvalue weighted by Gasteiger charge is 2.40. The van der Waals surface area contributed by atoms with Crippen LogP contribution in [0, 0.1) is 0 Å². The lowest BCUT2D eigenvalue weighted by atomic mass is 10.1. The number of aromatic hydroxyl groups is 1. The Bertz CT molecular complexity index is 902. The topological polar surface area (TPSA) is 76.7 Å². The largest absolute Gasteiger partial charge is 0.507 e. The molecule has 1 atom stereocenters. The number of thioether (sulfide) groups is 1. The second kappa shape index (κ2) is 6.64. The van der Waals surface area contributed by atoms with Gasteiger partial charge in [-0.2, -0.15) is 0 Å². The van der Waals surface area contributed by atoms with Crippen molar-refractivity contribution in [2.75, 3.05) is 0 Å². The average molecular weight is 375 g/mol. The van der Waals surface area contributed by atoms with Gasteiger partial charge in [0.2, 0.25) is 5.92 Å². The Hall–Kier alpha value is -2.55. The van der Waals surface area contributed by atoms with Crippen LogP contribution in [0.5, 0.6) is 5.75 Å². The SMILES string of the molecule is Oc1cc(-n2ccnc2)ccc1-c1ncc(S[C@@H]2CCC(F)(F)C2)nn1. The van der Waals surface area contributed by atoms with Gasteiger partial charge in [-0.05, 0) is 18.6 Å². The van der Waals surface area contributed by atoms with Crippen molar-refractivity contribution < 1.29 is 13.9 Å². The molecule has 26 heavy (non-hydrogen) atoms. The molecule has 0 aliphatic heterocycles. The standard InChI is InChI=1S/C17H15F2N5OS/c18-17(19)4-3-12(8-17)26-15-9-21-16(23-22-15)13-2-1-11(7-14(13)25)24-6-5-20-10-24/h1-2,5-7,9-10,12,25H,3-4,8H2/t12-/m1/s1. The zero-order valence-electron chi connectivity index (χ0n) is 13.6. The molecule has 0 amide bonds. The summed E-state index contributed by atoms with van der Waals surface area (Å²) < 4.78 is 28.3. The van der Waals surface area contributed by atoms with Gasteiger partial charge in [0.05, 0.1) is 23.8 Å². The Morgan fingerprint density at radius 2 is 2.15 bits per heavy atom. The molecular weight excluding hydrogens is 360 g/mol. The number of nitrogens with zero attached hydrogens (tertiary/aromatic N) is 5. The Morgan fingerprint density at radius 3 is 2.77 bits per heavy atom. The molecule has 134 valence electrons.